The number of sulfonamides is 1. The van der Waals surface area contributed by atoms with E-state index >= 15 is 0 Å². The quantitative estimate of drug-likeness (QED) is 0.285. The largest absolute Gasteiger partial charge is 0.352 e. The van der Waals surface area contributed by atoms with Crippen LogP contribution in [0.1, 0.15) is 44.7 Å². The zero-order chi connectivity index (χ0) is 28.6. The van der Waals surface area contributed by atoms with Crippen molar-refractivity contribution in [3.8, 4) is 0 Å². The first-order chi connectivity index (χ1) is 18.6. The van der Waals surface area contributed by atoms with Gasteiger partial charge in [-0.1, -0.05) is 72.2 Å². The summed E-state index contributed by atoms with van der Waals surface area (Å²) in [5, 5.41) is 2.99. The Labute approximate surface area is 240 Å². The van der Waals surface area contributed by atoms with Crippen LogP contribution in [0.3, 0.4) is 0 Å². The highest BCUT2D eigenvalue weighted by molar-refractivity contribution is 9.10. The Bertz CT molecular complexity index is 1360. The Morgan fingerprint density at radius 3 is 2.10 bits per heavy atom. The Balaban J connectivity index is 2.05. The summed E-state index contributed by atoms with van der Waals surface area (Å²) < 4.78 is 29.5. The molecular weight excluding hydrogens is 578 g/mol. The second-order valence-electron chi connectivity index (χ2n) is 9.49. The third-order valence-electron chi connectivity index (χ3n) is 6.71. The zero-order valence-electron chi connectivity index (χ0n) is 22.8. The van der Waals surface area contributed by atoms with Gasteiger partial charge < -0.3 is 10.2 Å². The number of benzene rings is 3. The minimum Gasteiger partial charge on any atom is -0.352 e. The van der Waals surface area contributed by atoms with Crippen LogP contribution in [0, 0.1) is 6.92 Å². The normalized spacial score (nSPS) is 12.8. The lowest BCUT2D eigenvalue weighted by molar-refractivity contribution is -0.140. The van der Waals surface area contributed by atoms with E-state index in [1.807, 2.05) is 52.0 Å². The maximum atomic E-state index is 14.1. The Kier molecular flexibility index (Phi) is 10.7. The minimum atomic E-state index is -4.08. The van der Waals surface area contributed by atoms with Gasteiger partial charge in [0, 0.05) is 17.1 Å². The molecule has 3 rings (SSSR count). The molecule has 0 bridgehead atoms. The number of aryl methyl sites for hydroxylation is 1. The number of carbonyl (C=O) groups is 2. The molecular formula is C30H36BrN3O4S. The molecule has 3 aromatic carbocycles. The summed E-state index contributed by atoms with van der Waals surface area (Å²) in [5.74, 6) is -0.721. The minimum absolute atomic E-state index is 0.0558. The number of amides is 2. The smallest absolute Gasteiger partial charge is 0.264 e. The summed E-state index contributed by atoms with van der Waals surface area (Å²) in [4.78, 5) is 29.0. The van der Waals surface area contributed by atoms with Gasteiger partial charge in [0.05, 0.1) is 10.6 Å². The standard InChI is InChI=1S/C30H36BrN3O4S/c1-5-23(4)32-30(36)28(6-2)33(20-24-13-11-10-12-22(24)3)29(35)21-34(26-18-16-25(31)17-19-26)39(37,38)27-14-8-7-9-15-27/h7-19,23,28H,5-6,20-21H2,1-4H3,(H,32,36)/t23-,28-/m1/s1. The van der Waals surface area contributed by atoms with Gasteiger partial charge in [-0.05, 0) is 74.2 Å². The lowest BCUT2D eigenvalue weighted by Gasteiger charge is -2.34. The second-order valence-corrected chi connectivity index (χ2v) is 12.3. The number of nitrogens with zero attached hydrogens (tertiary/aromatic N) is 2. The van der Waals surface area contributed by atoms with Crippen LogP contribution in [0.25, 0.3) is 0 Å². The molecule has 0 fully saturated rings. The van der Waals surface area contributed by atoms with Crippen LogP contribution in [-0.4, -0.2) is 43.8 Å². The van der Waals surface area contributed by atoms with Gasteiger partial charge in [-0.25, -0.2) is 8.42 Å². The molecule has 3 aromatic rings. The highest BCUT2D eigenvalue weighted by Crippen LogP contribution is 2.26. The molecule has 0 aliphatic rings. The average Bonchev–Trinajstić information content (AvgIpc) is 2.93. The van der Waals surface area contributed by atoms with Crippen molar-refractivity contribution in [1.82, 2.24) is 10.2 Å². The number of hydrogen-bond acceptors (Lipinski definition) is 4. The molecule has 0 radical (unpaired) electrons. The van der Waals surface area contributed by atoms with Crippen molar-refractivity contribution in [2.75, 3.05) is 10.8 Å². The molecule has 39 heavy (non-hydrogen) atoms. The van der Waals surface area contributed by atoms with Crippen LogP contribution in [0.5, 0.6) is 0 Å². The number of rotatable bonds is 12. The number of hydrogen-bond donors (Lipinski definition) is 1. The summed E-state index contributed by atoms with van der Waals surface area (Å²) in [5.41, 5.74) is 2.22. The van der Waals surface area contributed by atoms with Gasteiger partial charge in [0.15, 0.2) is 0 Å². The summed E-state index contributed by atoms with van der Waals surface area (Å²) >= 11 is 3.39. The van der Waals surface area contributed by atoms with Gasteiger partial charge in [-0.15, -0.1) is 0 Å². The maximum absolute atomic E-state index is 14.1. The fourth-order valence-corrected chi connectivity index (χ4v) is 5.89. The van der Waals surface area contributed by atoms with E-state index in [1.54, 1.807) is 42.5 Å². The van der Waals surface area contributed by atoms with Crippen molar-refractivity contribution in [1.29, 1.82) is 0 Å². The van der Waals surface area contributed by atoms with Gasteiger partial charge in [-0.2, -0.15) is 0 Å². The molecule has 2 atom stereocenters. The summed E-state index contributed by atoms with van der Waals surface area (Å²) in [6.45, 7) is 7.42. The van der Waals surface area contributed by atoms with Crippen LogP contribution in [0.4, 0.5) is 5.69 Å². The van der Waals surface area contributed by atoms with Crippen molar-refractivity contribution in [2.45, 2.75) is 64.1 Å². The van der Waals surface area contributed by atoms with Crippen LogP contribution in [-0.2, 0) is 26.2 Å². The van der Waals surface area contributed by atoms with Crippen molar-refractivity contribution in [3.05, 3.63) is 94.5 Å². The molecule has 0 aliphatic carbocycles. The average molecular weight is 615 g/mol. The molecule has 2 amide bonds. The van der Waals surface area contributed by atoms with Gasteiger partial charge in [-0.3, -0.25) is 13.9 Å². The Morgan fingerprint density at radius 1 is 0.897 bits per heavy atom. The van der Waals surface area contributed by atoms with Crippen LogP contribution in [0.15, 0.2) is 88.2 Å². The molecule has 9 heteroatoms. The maximum Gasteiger partial charge on any atom is 0.264 e. The molecule has 7 nitrogen and oxygen atoms in total. The molecule has 0 unspecified atom stereocenters. The van der Waals surface area contributed by atoms with E-state index in [1.165, 1.54) is 17.0 Å². The molecule has 0 aromatic heterocycles. The number of anilines is 1. The van der Waals surface area contributed by atoms with Crippen LogP contribution >= 0.6 is 15.9 Å². The third-order valence-corrected chi connectivity index (χ3v) is 9.03. The molecule has 208 valence electrons. The van der Waals surface area contributed by atoms with E-state index in [4.69, 9.17) is 0 Å². The topological polar surface area (TPSA) is 86.8 Å². The first-order valence-corrected chi connectivity index (χ1v) is 15.3. The Hall–Kier alpha value is -3.17. The SMILES string of the molecule is CC[C@@H](C)NC(=O)[C@@H](CC)N(Cc1ccccc1C)C(=O)CN(c1ccc(Br)cc1)S(=O)(=O)c1ccccc1. The molecule has 0 saturated heterocycles. The molecule has 0 saturated carbocycles. The molecule has 1 N–H and O–H groups in total. The van der Waals surface area contributed by atoms with Crippen LogP contribution in [0.2, 0.25) is 0 Å². The van der Waals surface area contributed by atoms with Crippen molar-refractivity contribution >= 4 is 43.5 Å². The lowest BCUT2D eigenvalue weighted by atomic mass is 10.1. The number of carbonyl (C=O) groups excluding carboxylic acids is 2. The van der Waals surface area contributed by atoms with Gasteiger partial charge in [0.25, 0.3) is 10.0 Å². The van der Waals surface area contributed by atoms with Gasteiger partial charge in [0.1, 0.15) is 12.6 Å². The second kappa shape index (κ2) is 13.8. The summed E-state index contributed by atoms with van der Waals surface area (Å²) in [6, 6.07) is 21.6. The number of halogens is 1. The van der Waals surface area contributed by atoms with E-state index < -0.39 is 28.5 Å². The van der Waals surface area contributed by atoms with Crippen molar-refractivity contribution in [3.63, 3.8) is 0 Å². The monoisotopic (exact) mass is 613 g/mol. The van der Waals surface area contributed by atoms with Crippen molar-refractivity contribution in [2.24, 2.45) is 0 Å². The van der Waals surface area contributed by atoms with Crippen LogP contribution < -0.4 is 9.62 Å². The predicted molar refractivity (Wildman–Crippen MR) is 159 cm³/mol. The van der Waals surface area contributed by atoms with E-state index in [0.29, 0.717) is 12.1 Å². The van der Waals surface area contributed by atoms with E-state index in [9.17, 15) is 18.0 Å². The fraction of sp³-hybridized carbons (Fsp3) is 0.333. The fourth-order valence-electron chi connectivity index (χ4n) is 4.19. The highest BCUT2D eigenvalue weighted by Gasteiger charge is 2.34. The zero-order valence-corrected chi connectivity index (χ0v) is 25.2. The lowest BCUT2D eigenvalue weighted by Crippen LogP contribution is -2.53. The summed E-state index contributed by atoms with van der Waals surface area (Å²) in [6.07, 6.45) is 1.13. The van der Waals surface area contributed by atoms with Gasteiger partial charge in [0.2, 0.25) is 11.8 Å². The molecule has 0 spiro atoms. The van der Waals surface area contributed by atoms with E-state index in [2.05, 4.69) is 21.2 Å². The van der Waals surface area contributed by atoms with E-state index in [-0.39, 0.29) is 23.4 Å². The first kappa shape index (κ1) is 30.4. The van der Waals surface area contributed by atoms with Gasteiger partial charge >= 0.3 is 0 Å². The first-order valence-electron chi connectivity index (χ1n) is 13.1. The Morgan fingerprint density at radius 2 is 1.51 bits per heavy atom. The number of nitrogens with one attached hydrogen (secondary N) is 1. The van der Waals surface area contributed by atoms with Crippen molar-refractivity contribution < 1.29 is 18.0 Å². The molecule has 0 heterocycles. The predicted octanol–water partition coefficient (Wildman–Crippen LogP) is 5.67. The molecule has 0 aliphatic heterocycles. The van der Waals surface area contributed by atoms with E-state index in [0.717, 1.165) is 26.3 Å². The summed E-state index contributed by atoms with van der Waals surface area (Å²) in [7, 11) is -4.08. The third kappa shape index (κ3) is 7.70. The highest BCUT2D eigenvalue weighted by atomic mass is 79.9.